The van der Waals surface area contributed by atoms with Crippen molar-refractivity contribution in [3.05, 3.63) is 24.3 Å². The number of nitrogens with zero attached hydrogens (tertiary/aromatic N) is 1. The molecule has 1 aromatic rings. The molecular weight excluding hydrogens is 254 g/mol. The number of amides is 1. The molecule has 1 atom stereocenters. The molecule has 0 heterocycles. The van der Waals surface area contributed by atoms with Crippen molar-refractivity contribution in [2.75, 3.05) is 37.4 Å². The average Bonchev–Trinajstić information content (AvgIpc) is 2.43. The fraction of sp³-hybridized carbons (Fsp3) is 0.533. The quantitative estimate of drug-likeness (QED) is 0.564. The van der Waals surface area contributed by atoms with E-state index in [9.17, 15) is 4.79 Å². The van der Waals surface area contributed by atoms with Crippen LogP contribution in [0.3, 0.4) is 0 Å². The molecule has 0 fully saturated rings. The van der Waals surface area contributed by atoms with Gasteiger partial charge in [0, 0.05) is 24.5 Å². The van der Waals surface area contributed by atoms with Gasteiger partial charge in [-0.25, -0.2) is 0 Å². The van der Waals surface area contributed by atoms with Gasteiger partial charge in [-0.1, -0.05) is 13.0 Å². The fourth-order valence-electron chi connectivity index (χ4n) is 1.98. The zero-order valence-corrected chi connectivity index (χ0v) is 12.6. The molecule has 1 aromatic carbocycles. The number of hydrogen-bond acceptors (Lipinski definition) is 4. The third kappa shape index (κ3) is 5.19. The molecule has 0 aliphatic rings. The number of carbonyl (C=O) groups excluding carboxylic acids is 1. The Labute approximate surface area is 121 Å². The second-order valence-electron chi connectivity index (χ2n) is 4.62. The molecule has 5 nitrogen and oxygen atoms in total. The number of anilines is 2. The number of likely N-dealkylation sites (N-methyl/N-ethyl adjacent to an activating group) is 1. The Hall–Kier alpha value is -1.59. The van der Waals surface area contributed by atoms with Gasteiger partial charge in [-0.3, -0.25) is 9.69 Å². The predicted molar refractivity (Wildman–Crippen MR) is 82.7 cm³/mol. The Morgan fingerprint density at radius 2 is 2.20 bits per heavy atom. The van der Waals surface area contributed by atoms with Gasteiger partial charge in [0.1, 0.15) is 0 Å². The highest BCUT2D eigenvalue weighted by Gasteiger charge is 2.19. The zero-order valence-electron chi connectivity index (χ0n) is 12.6. The molecule has 1 rings (SSSR count). The SMILES string of the molecule is CCOCCN(CC)C(C)C(=O)Nc1cccc(N)c1. The summed E-state index contributed by atoms with van der Waals surface area (Å²) in [6.07, 6.45) is 0. The van der Waals surface area contributed by atoms with Crippen molar-refractivity contribution in [2.24, 2.45) is 0 Å². The van der Waals surface area contributed by atoms with Crippen LogP contribution in [0.5, 0.6) is 0 Å². The first-order valence-corrected chi connectivity index (χ1v) is 7.06. The summed E-state index contributed by atoms with van der Waals surface area (Å²) >= 11 is 0. The molecule has 20 heavy (non-hydrogen) atoms. The third-order valence-electron chi connectivity index (χ3n) is 3.21. The molecule has 0 bridgehead atoms. The van der Waals surface area contributed by atoms with Gasteiger partial charge in [0.15, 0.2) is 0 Å². The number of hydrogen-bond donors (Lipinski definition) is 2. The normalized spacial score (nSPS) is 12.4. The summed E-state index contributed by atoms with van der Waals surface area (Å²) in [6, 6.07) is 6.99. The Bertz CT molecular complexity index is 423. The van der Waals surface area contributed by atoms with Gasteiger partial charge < -0.3 is 15.8 Å². The first-order valence-electron chi connectivity index (χ1n) is 7.06. The van der Waals surface area contributed by atoms with E-state index in [1.165, 1.54) is 0 Å². The van der Waals surface area contributed by atoms with Crippen LogP contribution in [0.1, 0.15) is 20.8 Å². The molecule has 0 radical (unpaired) electrons. The van der Waals surface area contributed by atoms with Crippen molar-refractivity contribution in [3.63, 3.8) is 0 Å². The van der Waals surface area contributed by atoms with E-state index in [0.717, 1.165) is 18.8 Å². The van der Waals surface area contributed by atoms with Gasteiger partial charge in [-0.2, -0.15) is 0 Å². The van der Waals surface area contributed by atoms with Gasteiger partial charge >= 0.3 is 0 Å². The lowest BCUT2D eigenvalue weighted by Gasteiger charge is -2.26. The second-order valence-corrected chi connectivity index (χ2v) is 4.62. The lowest BCUT2D eigenvalue weighted by molar-refractivity contribution is -0.120. The van der Waals surface area contributed by atoms with E-state index in [1.54, 1.807) is 12.1 Å². The summed E-state index contributed by atoms with van der Waals surface area (Å²) in [5, 5.41) is 2.89. The molecule has 1 unspecified atom stereocenters. The predicted octanol–water partition coefficient (Wildman–Crippen LogP) is 1.95. The standard InChI is InChI=1S/C15H25N3O2/c1-4-18(9-10-20-5-2)12(3)15(19)17-14-8-6-7-13(16)11-14/h6-8,11-12H,4-5,9-10,16H2,1-3H3,(H,17,19). The minimum Gasteiger partial charge on any atom is -0.399 e. The number of rotatable bonds is 8. The summed E-state index contributed by atoms with van der Waals surface area (Å²) in [7, 11) is 0. The van der Waals surface area contributed by atoms with Gasteiger partial charge in [-0.15, -0.1) is 0 Å². The average molecular weight is 279 g/mol. The minimum atomic E-state index is -0.207. The Balaban J connectivity index is 2.55. The summed E-state index contributed by atoms with van der Waals surface area (Å²) in [5.41, 5.74) is 7.06. The van der Waals surface area contributed by atoms with Crippen LogP contribution < -0.4 is 11.1 Å². The summed E-state index contributed by atoms with van der Waals surface area (Å²) in [6.45, 7) is 8.79. The topological polar surface area (TPSA) is 67.6 Å². The summed E-state index contributed by atoms with van der Waals surface area (Å²) in [4.78, 5) is 14.3. The second kappa shape index (κ2) is 8.55. The maximum absolute atomic E-state index is 12.2. The number of benzene rings is 1. The Morgan fingerprint density at radius 3 is 2.80 bits per heavy atom. The van der Waals surface area contributed by atoms with E-state index < -0.39 is 0 Å². The van der Waals surface area contributed by atoms with Crippen molar-refractivity contribution in [2.45, 2.75) is 26.8 Å². The van der Waals surface area contributed by atoms with Crippen LogP contribution in [0.25, 0.3) is 0 Å². The van der Waals surface area contributed by atoms with Crippen molar-refractivity contribution in [1.29, 1.82) is 0 Å². The molecule has 0 saturated heterocycles. The third-order valence-corrected chi connectivity index (χ3v) is 3.21. The first kappa shape index (κ1) is 16.5. The van der Waals surface area contributed by atoms with Crippen molar-refractivity contribution in [3.8, 4) is 0 Å². The van der Waals surface area contributed by atoms with Crippen LogP contribution in [0.15, 0.2) is 24.3 Å². The molecule has 1 amide bonds. The largest absolute Gasteiger partial charge is 0.399 e. The molecule has 0 spiro atoms. The van der Waals surface area contributed by atoms with Gasteiger partial charge in [0.25, 0.3) is 0 Å². The fourth-order valence-corrected chi connectivity index (χ4v) is 1.98. The number of nitrogen functional groups attached to an aromatic ring is 1. The lowest BCUT2D eigenvalue weighted by atomic mass is 10.2. The molecule has 0 saturated carbocycles. The van der Waals surface area contributed by atoms with E-state index in [2.05, 4.69) is 10.2 Å². The van der Waals surface area contributed by atoms with Gasteiger partial charge in [-0.05, 0) is 38.6 Å². The Kier molecular flexibility index (Phi) is 7.04. The summed E-state index contributed by atoms with van der Waals surface area (Å²) < 4.78 is 5.34. The highest BCUT2D eigenvalue weighted by atomic mass is 16.5. The molecule has 5 heteroatoms. The van der Waals surface area contributed by atoms with Crippen LogP contribution in [-0.4, -0.2) is 43.2 Å². The number of carbonyl (C=O) groups is 1. The highest BCUT2D eigenvalue weighted by Crippen LogP contribution is 2.13. The molecule has 3 N–H and O–H groups in total. The van der Waals surface area contributed by atoms with E-state index in [-0.39, 0.29) is 11.9 Å². The van der Waals surface area contributed by atoms with Gasteiger partial charge in [0.2, 0.25) is 5.91 Å². The van der Waals surface area contributed by atoms with Gasteiger partial charge in [0.05, 0.1) is 12.6 Å². The first-order chi connectivity index (χ1) is 9.58. The van der Waals surface area contributed by atoms with Crippen molar-refractivity contribution < 1.29 is 9.53 Å². The highest BCUT2D eigenvalue weighted by molar-refractivity contribution is 5.94. The zero-order chi connectivity index (χ0) is 15.0. The van der Waals surface area contributed by atoms with E-state index >= 15 is 0 Å². The maximum Gasteiger partial charge on any atom is 0.241 e. The number of nitrogens with two attached hydrogens (primary N) is 1. The van der Waals surface area contributed by atoms with Crippen molar-refractivity contribution >= 4 is 17.3 Å². The number of nitrogens with one attached hydrogen (secondary N) is 1. The van der Waals surface area contributed by atoms with E-state index in [1.807, 2.05) is 32.9 Å². The molecule has 0 aromatic heterocycles. The number of ether oxygens (including phenoxy) is 1. The lowest BCUT2D eigenvalue weighted by Crippen LogP contribution is -2.43. The van der Waals surface area contributed by atoms with Crippen LogP contribution in [-0.2, 0) is 9.53 Å². The van der Waals surface area contributed by atoms with Crippen LogP contribution in [0, 0.1) is 0 Å². The van der Waals surface area contributed by atoms with Crippen LogP contribution >= 0.6 is 0 Å². The molecule has 0 aliphatic heterocycles. The Morgan fingerprint density at radius 1 is 1.45 bits per heavy atom. The van der Waals surface area contributed by atoms with E-state index in [4.69, 9.17) is 10.5 Å². The molecular formula is C15H25N3O2. The minimum absolute atomic E-state index is 0.0334. The maximum atomic E-state index is 12.2. The monoisotopic (exact) mass is 279 g/mol. The van der Waals surface area contributed by atoms with E-state index in [0.29, 0.717) is 18.9 Å². The van der Waals surface area contributed by atoms with Crippen LogP contribution in [0.2, 0.25) is 0 Å². The van der Waals surface area contributed by atoms with Crippen molar-refractivity contribution in [1.82, 2.24) is 4.90 Å². The molecule has 0 aliphatic carbocycles. The molecule has 112 valence electrons. The summed E-state index contributed by atoms with van der Waals surface area (Å²) in [5.74, 6) is -0.0334. The van der Waals surface area contributed by atoms with Crippen LogP contribution in [0.4, 0.5) is 11.4 Å². The smallest absolute Gasteiger partial charge is 0.241 e.